The predicted octanol–water partition coefficient (Wildman–Crippen LogP) is 2.64. The van der Waals surface area contributed by atoms with Crippen LogP contribution in [0.4, 0.5) is 5.82 Å². The number of aromatic nitrogens is 3. The number of rotatable bonds is 4. The number of hydrogen-bond donors (Lipinski definition) is 1. The van der Waals surface area contributed by atoms with E-state index in [-0.39, 0.29) is 0 Å². The van der Waals surface area contributed by atoms with Gasteiger partial charge in [-0.1, -0.05) is 19.9 Å². The Bertz CT molecular complexity index is 669. The molecule has 2 aromatic rings. The minimum atomic E-state index is -0.553. The van der Waals surface area contributed by atoms with Crippen LogP contribution >= 0.6 is 0 Å². The molecule has 5 heteroatoms. The lowest BCUT2D eigenvalue weighted by Gasteiger charge is -2.17. The summed E-state index contributed by atoms with van der Waals surface area (Å²) in [5, 5.41) is 9.68. The minimum Gasteiger partial charge on any atom is -0.387 e. The zero-order chi connectivity index (χ0) is 15.7. The van der Waals surface area contributed by atoms with Crippen molar-refractivity contribution in [2.24, 2.45) is 5.92 Å². The Hall–Kier alpha value is -2.01. The van der Waals surface area contributed by atoms with Crippen LogP contribution in [0.5, 0.6) is 0 Å². The molecule has 1 N–H and O–H groups in total. The Kier molecular flexibility index (Phi) is 4.07. The van der Waals surface area contributed by atoms with Gasteiger partial charge in [0.25, 0.3) is 0 Å². The summed E-state index contributed by atoms with van der Waals surface area (Å²) < 4.78 is 0. The molecule has 116 valence electrons. The topological polar surface area (TPSA) is 62.1 Å². The molecule has 1 unspecified atom stereocenters. The van der Waals surface area contributed by atoms with E-state index in [1.54, 1.807) is 6.92 Å². The summed E-state index contributed by atoms with van der Waals surface area (Å²) in [7, 11) is 0. The summed E-state index contributed by atoms with van der Waals surface area (Å²) in [4.78, 5) is 15.9. The van der Waals surface area contributed by atoms with E-state index in [9.17, 15) is 5.11 Å². The Morgan fingerprint density at radius 3 is 2.73 bits per heavy atom. The maximum atomic E-state index is 9.68. The molecule has 0 fully saturated rings. The van der Waals surface area contributed by atoms with Crippen LogP contribution in [-0.2, 0) is 19.5 Å². The second-order valence-corrected chi connectivity index (χ2v) is 6.31. The normalized spacial score (nSPS) is 15.2. The number of aliphatic hydroxyl groups excluding tert-OH is 1. The van der Waals surface area contributed by atoms with Crippen molar-refractivity contribution >= 4 is 5.82 Å². The highest BCUT2D eigenvalue weighted by Gasteiger charge is 2.23. The molecule has 1 aliphatic rings. The molecule has 0 saturated heterocycles. The highest BCUT2D eigenvalue weighted by molar-refractivity contribution is 5.45. The Morgan fingerprint density at radius 1 is 1.18 bits per heavy atom. The third-order valence-electron chi connectivity index (χ3n) is 3.80. The molecule has 22 heavy (non-hydrogen) atoms. The minimum absolute atomic E-state index is 0.553. The largest absolute Gasteiger partial charge is 0.387 e. The standard InChI is InChI=1S/C17H22N4O/c1-11(2)7-16-18-8-13-9-21(10-15(13)19-16)17-6-4-5-14(20-17)12(3)22/h4-6,8,11-12,22H,7,9-10H2,1-3H3. The van der Waals surface area contributed by atoms with Gasteiger partial charge in [0.05, 0.1) is 24.0 Å². The Labute approximate surface area is 131 Å². The molecule has 0 amide bonds. The summed E-state index contributed by atoms with van der Waals surface area (Å²) in [5.41, 5.74) is 2.95. The highest BCUT2D eigenvalue weighted by Crippen LogP contribution is 2.26. The van der Waals surface area contributed by atoms with E-state index < -0.39 is 6.10 Å². The highest BCUT2D eigenvalue weighted by atomic mass is 16.3. The first kappa shape index (κ1) is 14.9. The van der Waals surface area contributed by atoms with Crippen LogP contribution in [0.3, 0.4) is 0 Å². The van der Waals surface area contributed by atoms with Crippen LogP contribution in [0.2, 0.25) is 0 Å². The fraction of sp³-hybridized carbons (Fsp3) is 0.471. The molecule has 0 bridgehead atoms. The van der Waals surface area contributed by atoms with Crippen molar-refractivity contribution in [2.45, 2.75) is 46.4 Å². The average molecular weight is 298 g/mol. The molecule has 5 nitrogen and oxygen atoms in total. The van der Waals surface area contributed by atoms with Gasteiger partial charge in [0.15, 0.2) is 0 Å². The van der Waals surface area contributed by atoms with Crippen LogP contribution in [0, 0.1) is 5.92 Å². The first-order chi connectivity index (χ1) is 10.5. The van der Waals surface area contributed by atoms with E-state index in [1.165, 1.54) is 0 Å². The SMILES string of the molecule is CC(C)Cc1ncc2c(n1)CN(c1cccc(C(C)O)n1)C2. The van der Waals surface area contributed by atoms with E-state index in [0.717, 1.165) is 42.4 Å². The van der Waals surface area contributed by atoms with E-state index in [4.69, 9.17) is 4.98 Å². The zero-order valence-electron chi connectivity index (χ0n) is 13.3. The number of hydrogen-bond acceptors (Lipinski definition) is 5. The molecule has 1 atom stereocenters. The lowest BCUT2D eigenvalue weighted by molar-refractivity contribution is 0.194. The molecule has 2 aromatic heterocycles. The van der Waals surface area contributed by atoms with Gasteiger partial charge in [0.2, 0.25) is 0 Å². The van der Waals surface area contributed by atoms with E-state index in [1.807, 2.05) is 24.4 Å². The quantitative estimate of drug-likeness (QED) is 0.940. The van der Waals surface area contributed by atoms with Gasteiger partial charge in [0, 0.05) is 24.7 Å². The lowest BCUT2D eigenvalue weighted by atomic mass is 10.1. The average Bonchev–Trinajstić information content (AvgIpc) is 2.90. The van der Waals surface area contributed by atoms with Crippen LogP contribution < -0.4 is 4.90 Å². The van der Waals surface area contributed by atoms with Crippen molar-refractivity contribution in [3.63, 3.8) is 0 Å². The molecule has 0 radical (unpaired) electrons. The van der Waals surface area contributed by atoms with E-state index in [0.29, 0.717) is 11.6 Å². The van der Waals surface area contributed by atoms with Gasteiger partial charge in [-0.05, 0) is 25.0 Å². The van der Waals surface area contributed by atoms with Gasteiger partial charge in [-0.2, -0.15) is 0 Å². The number of pyridine rings is 1. The molecule has 0 aliphatic carbocycles. The Balaban J connectivity index is 1.80. The zero-order valence-corrected chi connectivity index (χ0v) is 13.3. The Morgan fingerprint density at radius 2 is 2.00 bits per heavy atom. The first-order valence-corrected chi connectivity index (χ1v) is 7.76. The summed E-state index contributed by atoms with van der Waals surface area (Å²) in [5.74, 6) is 2.35. The van der Waals surface area contributed by atoms with Crippen LogP contribution in [0.1, 0.15) is 49.7 Å². The van der Waals surface area contributed by atoms with Gasteiger partial charge in [-0.25, -0.2) is 15.0 Å². The van der Waals surface area contributed by atoms with Crippen molar-refractivity contribution < 1.29 is 5.11 Å². The van der Waals surface area contributed by atoms with Gasteiger partial charge in [-0.15, -0.1) is 0 Å². The fourth-order valence-corrected chi connectivity index (χ4v) is 2.67. The molecular formula is C17H22N4O. The number of aliphatic hydroxyl groups is 1. The molecule has 0 saturated carbocycles. The number of anilines is 1. The number of nitrogens with zero attached hydrogens (tertiary/aromatic N) is 4. The molecule has 3 rings (SSSR count). The third-order valence-corrected chi connectivity index (χ3v) is 3.80. The molecule has 0 aromatic carbocycles. The number of fused-ring (bicyclic) bond motifs is 1. The first-order valence-electron chi connectivity index (χ1n) is 7.76. The van der Waals surface area contributed by atoms with Crippen molar-refractivity contribution in [3.8, 4) is 0 Å². The summed E-state index contributed by atoms with van der Waals surface area (Å²) in [6, 6.07) is 5.75. The van der Waals surface area contributed by atoms with Crippen LogP contribution in [0.25, 0.3) is 0 Å². The van der Waals surface area contributed by atoms with Crippen molar-refractivity contribution in [1.29, 1.82) is 0 Å². The third kappa shape index (κ3) is 3.09. The molecule has 3 heterocycles. The van der Waals surface area contributed by atoms with Crippen LogP contribution in [-0.4, -0.2) is 20.1 Å². The molecule has 1 aliphatic heterocycles. The van der Waals surface area contributed by atoms with Crippen LogP contribution in [0.15, 0.2) is 24.4 Å². The van der Waals surface area contributed by atoms with Gasteiger partial charge < -0.3 is 10.0 Å². The van der Waals surface area contributed by atoms with Crippen molar-refractivity contribution in [2.75, 3.05) is 4.90 Å². The summed E-state index contributed by atoms with van der Waals surface area (Å²) in [6.45, 7) is 7.60. The fourth-order valence-electron chi connectivity index (χ4n) is 2.67. The maximum absolute atomic E-state index is 9.68. The maximum Gasteiger partial charge on any atom is 0.129 e. The van der Waals surface area contributed by atoms with Crippen molar-refractivity contribution in [3.05, 3.63) is 47.2 Å². The monoisotopic (exact) mass is 298 g/mol. The smallest absolute Gasteiger partial charge is 0.129 e. The second-order valence-electron chi connectivity index (χ2n) is 6.31. The molecule has 0 spiro atoms. The van der Waals surface area contributed by atoms with E-state index >= 15 is 0 Å². The predicted molar refractivity (Wildman–Crippen MR) is 85.3 cm³/mol. The molecular weight excluding hydrogens is 276 g/mol. The summed E-state index contributed by atoms with van der Waals surface area (Å²) >= 11 is 0. The second kappa shape index (κ2) is 6.01. The lowest BCUT2D eigenvalue weighted by Crippen LogP contribution is -2.17. The van der Waals surface area contributed by atoms with Gasteiger partial charge in [-0.3, -0.25) is 0 Å². The summed E-state index contributed by atoms with van der Waals surface area (Å²) in [6.07, 6.45) is 2.30. The van der Waals surface area contributed by atoms with E-state index in [2.05, 4.69) is 28.7 Å². The van der Waals surface area contributed by atoms with Gasteiger partial charge >= 0.3 is 0 Å². The van der Waals surface area contributed by atoms with Crippen molar-refractivity contribution in [1.82, 2.24) is 15.0 Å². The van der Waals surface area contributed by atoms with Gasteiger partial charge in [0.1, 0.15) is 11.6 Å².